The highest BCUT2D eigenvalue weighted by molar-refractivity contribution is 7.99. The molecule has 0 saturated heterocycles. The Balaban J connectivity index is 1.28. The predicted octanol–water partition coefficient (Wildman–Crippen LogP) is 4.92. The summed E-state index contributed by atoms with van der Waals surface area (Å²) in [5, 5.41) is 6.67. The fourth-order valence-corrected chi connectivity index (χ4v) is 5.33. The Hall–Kier alpha value is -3.69. The van der Waals surface area contributed by atoms with Gasteiger partial charge in [-0.3, -0.25) is 14.6 Å². The van der Waals surface area contributed by atoms with Gasteiger partial charge in [-0.1, -0.05) is 23.9 Å². The van der Waals surface area contributed by atoms with E-state index in [4.69, 9.17) is 0 Å². The molecule has 1 aliphatic heterocycles. The van der Waals surface area contributed by atoms with Crippen molar-refractivity contribution in [3.05, 3.63) is 83.0 Å². The highest BCUT2D eigenvalue weighted by Crippen LogP contribution is 2.39. The second-order valence-corrected chi connectivity index (χ2v) is 10.1. The van der Waals surface area contributed by atoms with E-state index in [2.05, 4.69) is 20.6 Å². The molecule has 2 aromatic heterocycles. The van der Waals surface area contributed by atoms with E-state index < -0.39 is 0 Å². The van der Waals surface area contributed by atoms with Crippen LogP contribution in [0.15, 0.2) is 76.8 Å². The number of amides is 2. The van der Waals surface area contributed by atoms with Crippen molar-refractivity contribution in [1.82, 2.24) is 15.3 Å². The zero-order valence-corrected chi connectivity index (χ0v) is 20.2. The molecule has 170 valence electrons. The van der Waals surface area contributed by atoms with Gasteiger partial charge in [0.25, 0.3) is 11.8 Å². The Morgan fingerprint density at radius 1 is 1.06 bits per heavy atom. The van der Waals surface area contributed by atoms with E-state index in [-0.39, 0.29) is 11.8 Å². The SMILES string of the molecule is CN(C)c1ccnc(-c2ncc(CNC(=O)c3ccc4c(c3)NC(=O)c3ccccc3S4)s2)c1. The highest BCUT2D eigenvalue weighted by atomic mass is 32.2. The number of nitrogens with one attached hydrogen (secondary N) is 2. The molecule has 5 rings (SSSR count). The largest absolute Gasteiger partial charge is 0.378 e. The first kappa shape index (κ1) is 22.1. The van der Waals surface area contributed by atoms with Crippen molar-refractivity contribution >= 4 is 46.3 Å². The number of fused-ring (bicyclic) bond motifs is 2. The molecule has 2 N–H and O–H groups in total. The lowest BCUT2D eigenvalue weighted by Gasteiger charge is -2.12. The normalized spacial score (nSPS) is 12.2. The molecule has 0 spiro atoms. The molecule has 0 fully saturated rings. The van der Waals surface area contributed by atoms with Crippen LogP contribution in [0.25, 0.3) is 10.7 Å². The van der Waals surface area contributed by atoms with Crippen molar-refractivity contribution in [3.8, 4) is 10.7 Å². The number of aromatic nitrogens is 2. The third kappa shape index (κ3) is 4.52. The van der Waals surface area contributed by atoms with E-state index in [1.807, 2.05) is 55.4 Å². The molecule has 9 heteroatoms. The maximum Gasteiger partial charge on any atom is 0.256 e. The second-order valence-electron chi connectivity index (χ2n) is 7.87. The Morgan fingerprint density at radius 2 is 1.91 bits per heavy atom. The third-order valence-electron chi connectivity index (χ3n) is 5.30. The summed E-state index contributed by atoms with van der Waals surface area (Å²) in [6, 6.07) is 16.8. The van der Waals surface area contributed by atoms with Gasteiger partial charge in [-0.25, -0.2) is 4.98 Å². The first-order valence-corrected chi connectivity index (χ1v) is 12.2. The van der Waals surface area contributed by atoms with Crippen LogP contribution in [0.3, 0.4) is 0 Å². The summed E-state index contributed by atoms with van der Waals surface area (Å²) in [5.74, 6) is -0.393. The molecule has 0 aliphatic carbocycles. The van der Waals surface area contributed by atoms with Crippen LogP contribution in [-0.2, 0) is 6.54 Å². The molecule has 0 unspecified atom stereocenters. The fraction of sp³-hybridized carbons (Fsp3) is 0.120. The first-order valence-electron chi connectivity index (χ1n) is 10.6. The lowest BCUT2D eigenvalue weighted by Crippen LogP contribution is -2.22. The van der Waals surface area contributed by atoms with E-state index in [1.54, 1.807) is 30.6 Å². The molecule has 2 amide bonds. The van der Waals surface area contributed by atoms with Crippen LogP contribution in [-0.4, -0.2) is 35.9 Å². The zero-order chi connectivity index (χ0) is 23.7. The molecule has 1 aliphatic rings. The lowest BCUT2D eigenvalue weighted by atomic mass is 10.1. The molecular weight excluding hydrogens is 466 g/mol. The predicted molar refractivity (Wildman–Crippen MR) is 136 cm³/mol. The number of rotatable bonds is 5. The number of hydrogen-bond acceptors (Lipinski definition) is 7. The van der Waals surface area contributed by atoms with Crippen molar-refractivity contribution in [2.24, 2.45) is 0 Å². The summed E-state index contributed by atoms with van der Waals surface area (Å²) in [5.41, 5.74) is 3.59. The number of carbonyl (C=O) groups excluding carboxylic acids is 2. The highest BCUT2D eigenvalue weighted by Gasteiger charge is 2.20. The topological polar surface area (TPSA) is 87.2 Å². The molecule has 0 atom stereocenters. The Kier molecular flexibility index (Phi) is 6.04. The van der Waals surface area contributed by atoms with Crippen molar-refractivity contribution in [2.45, 2.75) is 16.3 Å². The molecule has 4 aromatic rings. The monoisotopic (exact) mass is 487 g/mol. The Bertz CT molecular complexity index is 1400. The van der Waals surface area contributed by atoms with Crippen LogP contribution in [0.2, 0.25) is 0 Å². The molecule has 7 nitrogen and oxygen atoms in total. The maximum atomic E-state index is 12.8. The molecular formula is C25H21N5O2S2. The van der Waals surface area contributed by atoms with Crippen LogP contribution in [0.4, 0.5) is 11.4 Å². The number of benzene rings is 2. The van der Waals surface area contributed by atoms with Crippen LogP contribution >= 0.6 is 23.1 Å². The van der Waals surface area contributed by atoms with E-state index >= 15 is 0 Å². The maximum absolute atomic E-state index is 12.8. The first-order chi connectivity index (χ1) is 16.5. The van der Waals surface area contributed by atoms with Gasteiger partial charge in [0.1, 0.15) is 10.7 Å². The van der Waals surface area contributed by atoms with Crippen LogP contribution < -0.4 is 15.5 Å². The molecule has 2 aromatic carbocycles. The summed E-state index contributed by atoms with van der Waals surface area (Å²) >= 11 is 3.01. The smallest absolute Gasteiger partial charge is 0.256 e. The number of carbonyl (C=O) groups is 2. The van der Waals surface area contributed by atoms with Gasteiger partial charge in [0.05, 0.1) is 17.8 Å². The van der Waals surface area contributed by atoms with Gasteiger partial charge in [-0.05, 0) is 42.5 Å². The van der Waals surface area contributed by atoms with E-state index in [9.17, 15) is 9.59 Å². The minimum Gasteiger partial charge on any atom is -0.378 e. The fourth-order valence-electron chi connectivity index (χ4n) is 3.50. The molecule has 34 heavy (non-hydrogen) atoms. The van der Waals surface area contributed by atoms with Crippen LogP contribution in [0.5, 0.6) is 0 Å². The van der Waals surface area contributed by atoms with E-state index in [0.29, 0.717) is 23.4 Å². The van der Waals surface area contributed by atoms with Gasteiger partial charge in [0.15, 0.2) is 0 Å². The summed E-state index contributed by atoms with van der Waals surface area (Å²) in [7, 11) is 3.96. The second kappa shape index (κ2) is 9.28. The van der Waals surface area contributed by atoms with E-state index in [0.717, 1.165) is 31.1 Å². The minimum atomic E-state index is -0.216. The standard InChI is InChI=1S/C25H21N5O2S2/c1-30(2)16-9-10-26-20(12-16)25-28-14-17(33-25)13-27-23(31)15-7-8-22-19(11-15)29-24(32)18-5-3-4-6-21(18)34-22/h3-12,14H,13H2,1-2H3,(H,27,31)(H,29,32). The number of nitrogens with zero attached hydrogens (tertiary/aromatic N) is 3. The quantitative estimate of drug-likeness (QED) is 0.416. The average Bonchev–Trinajstić information content (AvgIpc) is 3.27. The molecule has 0 radical (unpaired) electrons. The van der Waals surface area contributed by atoms with Crippen LogP contribution in [0, 0.1) is 0 Å². The Morgan fingerprint density at radius 3 is 2.76 bits per heavy atom. The Labute approximate surface area is 205 Å². The summed E-state index contributed by atoms with van der Waals surface area (Å²) in [6.45, 7) is 0.355. The van der Waals surface area contributed by atoms with Crippen LogP contribution in [0.1, 0.15) is 25.6 Å². The van der Waals surface area contributed by atoms with Crippen molar-refractivity contribution in [2.75, 3.05) is 24.3 Å². The third-order valence-corrected chi connectivity index (χ3v) is 7.47. The van der Waals surface area contributed by atoms with Crippen molar-refractivity contribution in [3.63, 3.8) is 0 Å². The van der Waals surface area contributed by atoms with E-state index in [1.165, 1.54) is 23.1 Å². The molecule has 3 heterocycles. The number of anilines is 2. The number of hydrogen-bond donors (Lipinski definition) is 2. The van der Waals surface area contributed by atoms with Crippen molar-refractivity contribution < 1.29 is 9.59 Å². The summed E-state index contributed by atoms with van der Waals surface area (Å²) in [4.78, 5) is 39.0. The van der Waals surface area contributed by atoms with Gasteiger partial charge in [0.2, 0.25) is 0 Å². The lowest BCUT2D eigenvalue weighted by molar-refractivity contribution is 0.0949. The van der Waals surface area contributed by atoms with Gasteiger partial charge < -0.3 is 15.5 Å². The molecule has 0 bridgehead atoms. The van der Waals surface area contributed by atoms with Gasteiger partial charge >= 0.3 is 0 Å². The zero-order valence-electron chi connectivity index (χ0n) is 18.5. The van der Waals surface area contributed by atoms with Gasteiger partial charge in [0, 0.05) is 52.4 Å². The number of pyridine rings is 1. The summed E-state index contributed by atoms with van der Waals surface area (Å²) in [6.07, 6.45) is 3.52. The van der Waals surface area contributed by atoms with Gasteiger partial charge in [-0.2, -0.15) is 0 Å². The van der Waals surface area contributed by atoms with Gasteiger partial charge in [-0.15, -0.1) is 11.3 Å². The number of thiazole rings is 1. The van der Waals surface area contributed by atoms with Crippen molar-refractivity contribution in [1.29, 1.82) is 0 Å². The minimum absolute atomic E-state index is 0.177. The molecule has 0 saturated carbocycles. The summed E-state index contributed by atoms with van der Waals surface area (Å²) < 4.78 is 0. The average molecular weight is 488 g/mol.